The first kappa shape index (κ1) is 17.9. The van der Waals surface area contributed by atoms with Gasteiger partial charge in [-0.25, -0.2) is 18.1 Å². The fourth-order valence-corrected chi connectivity index (χ4v) is 4.14. The summed E-state index contributed by atoms with van der Waals surface area (Å²) >= 11 is 11.8. The molecule has 0 aliphatic heterocycles. The molecule has 1 aromatic heterocycles. The first-order valence-electron chi connectivity index (χ1n) is 7.41. The van der Waals surface area contributed by atoms with E-state index < -0.39 is 10.0 Å². The Bertz CT molecular complexity index is 999. The molecule has 2 aromatic carbocycles. The van der Waals surface area contributed by atoms with Crippen molar-refractivity contribution >= 4 is 33.2 Å². The normalized spacial score (nSPS) is 11.6. The summed E-state index contributed by atoms with van der Waals surface area (Å²) in [6.45, 7) is 2.06. The van der Waals surface area contributed by atoms with E-state index in [0.29, 0.717) is 5.02 Å². The van der Waals surface area contributed by atoms with Crippen LogP contribution < -0.4 is 4.72 Å². The highest BCUT2D eigenvalue weighted by molar-refractivity contribution is 7.89. The minimum atomic E-state index is -3.75. The van der Waals surface area contributed by atoms with Crippen LogP contribution in [0.2, 0.25) is 10.0 Å². The summed E-state index contributed by atoms with van der Waals surface area (Å²) in [4.78, 5) is 4.15. The number of hydrogen-bond acceptors (Lipinski definition) is 3. The molecule has 25 heavy (non-hydrogen) atoms. The molecule has 0 spiro atoms. The molecule has 0 aliphatic rings. The molecule has 0 bridgehead atoms. The minimum Gasteiger partial charge on any atom is -0.304 e. The zero-order valence-corrected chi connectivity index (χ0v) is 15.6. The number of sulfonamides is 1. The Labute approximate surface area is 156 Å². The van der Waals surface area contributed by atoms with Gasteiger partial charge in [-0.2, -0.15) is 0 Å². The topological polar surface area (TPSA) is 64.0 Å². The molecule has 5 nitrogen and oxygen atoms in total. The van der Waals surface area contributed by atoms with Gasteiger partial charge >= 0.3 is 0 Å². The van der Waals surface area contributed by atoms with E-state index in [1.165, 1.54) is 12.1 Å². The van der Waals surface area contributed by atoms with Crippen LogP contribution >= 0.6 is 23.2 Å². The van der Waals surface area contributed by atoms with Gasteiger partial charge in [0.1, 0.15) is 10.7 Å². The van der Waals surface area contributed by atoms with Gasteiger partial charge in [0.05, 0.1) is 5.02 Å². The van der Waals surface area contributed by atoms with Crippen LogP contribution in [0, 0.1) is 6.92 Å². The standard InChI is InChI=1S/C17H15Cl2N3O2S/c1-12-20-8-9-22(12)15-5-2-13(3-6-15)11-21-25(23,24)17-10-14(18)4-7-16(17)19/h2-10,21H,11H2,1H3. The first-order chi connectivity index (χ1) is 11.9. The smallest absolute Gasteiger partial charge is 0.242 e. The molecule has 0 amide bonds. The molecular formula is C17H15Cl2N3O2S. The summed E-state index contributed by atoms with van der Waals surface area (Å²) in [7, 11) is -3.75. The van der Waals surface area contributed by atoms with E-state index >= 15 is 0 Å². The summed E-state index contributed by atoms with van der Waals surface area (Å²) in [6, 6.07) is 11.9. The van der Waals surface area contributed by atoms with Gasteiger partial charge in [-0.3, -0.25) is 0 Å². The van der Waals surface area contributed by atoms with Gasteiger partial charge in [0.2, 0.25) is 10.0 Å². The average molecular weight is 396 g/mol. The van der Waals surface area contributed by atoms with Gasteiger partial charge in [0.15, 0.2) is 0 Å². The second kappa shape index (κ2) is 7.17. The van der Waals surface area contributed by atoms with E-state index in [9.17, 15) is 8.42 Å². The fraction of sp³-hybridized carbons (Fsp3) is 0.118. The molecular weight excluding hydrogens is 381 g/mol. The maximum absolute atomic E-state index is 12.4. The fourth-order valence-electron chi connectivity index (χ4n) is 2.36. The van der Waals surface area contributed by atoms with Gasteiger partial charge in [-0.05, 0) is 42.8 Å². The van der Waals surface area contributed by atoms with Crippen LogP contribution in [-0.2, 0) is 16.6 Å². The molecule has 130 valence electrons. The largest absolute Gasteiger partial charge is 0.304 e. The molecule has 0 unspecified atom stereocenters. The lowest BCUT2D eigenvalue weighted by molar-refractivity contribution is 0.581. The van der Waals surface area contributed by atoms with Crippen LogP contribution in [-0.4, -0.2) is 18.0 Å². The van der Waals surface area contributed by atoms with Crippen LogP contribution in [0.3, 0.4) is 0 Å². The van der Waals surface area contributed by atoms with Crippen molar-refractivity contribution in [3.63, 3.8) is 0 Å². The lowest BCUT2D eigenvalue weighted by Crippen LogP contribution is -2.23. The van der Waals surface area contributed by atoms with E-state index in [2.05, 4.69) is 9.71 Å². The van der Waals surface area contributed by atoms with E-state index in [0.717, 1.165) is 17.1 Å². The summed E-state index contributed by atoms with van der Waals surface area (Å²) in [5.74, 6) is 0.879. The Morgan fingerprint density at radius 2 is 1.84 bits per heavy atom. The number of aryl methyl sites for hydroxylation is 1. The lowest BCUT2D eigenvalue weighted by atomic mass is 10.2. The van der Waals surface area contributed by atoms with Crippen molar-refractivity contribution in [3.05, 3.63) is 76.3 Å². The van der Waals surface area contributed by atoms with Gasteiger partial charge in [-0.1, -0.05) is 35.3 Å². The SMILES string of the molecule is Cc1nccn1-c1ccc(CNS(=O)(=O)c2cc(Cl)ccc2Cl)cc1. The third kappa shape index (κ3) is 4.04. The van der Waals surface area contributed by atoms with Crippen molar-refractivity contribution < 1.29 is 8.42 Å². The first-order valence-corrected chi connectivity index (χ1v) is 9.65. The average Bonchev–Trinajstić information content (AvgIpc) is 3.02. The molecule has 0 radical (unpaired) electrons. The van der Waals surface area contributed by atoms with Crippen molar-refractivity contribution in [2.24, 2.45) is 0 Å². The van der Waals surface area contributed by atoms with Crippen molar-refractivity contribution in [1.82, 2.24) is 14.3 Å². The van der Waals surface area contributed by atoms with Gasteiger partial charge < -0.3 is 4.57 Å². The number of benzene rings is 2. The molecule has 0 aliphatic carbocycles. The monoisotopic (exact) mass is 395 g/mol. The Morgan fingerprint density at radius 1 is 1.12 bits per heavy atom. The third-order valence-corrected chi connectivity index (χ3v) is 5.81. The predicted molar refractivity (Wildman–Crippen MR) is 98.8 cm³/mol. The van der Waals surface area contributed by atoms with Gasteiger partial charge in [0, 0.05) is 29.6 Å². The number of nitrogens with one attached hydrogen (secondary N) is 1. The summed E-state index contributed by atoms with van der Waals surface area (Å²) in [5, 5.41) is 0.438. The quantitative estimate of drug-likeness (QED) is 0.710. The van der Waals surface area contributed by atoms with Crippen LogP contribution in [0.15, 0.2) is 59.8 Å². The summed E-state index contributed by atoms with van der Waals surface area (Å²) in [6.07, 6.45) is 3.60. The Kier molecular flexibility index (Phi) is 5.15. The number of rotatable bonds is 5. The molecule has 0 fully saturated rings. The summed E-state index contributed by atoms with van der Waals surface area (Å²) in [5.41, 5.74) is 1.78. The number of nitrogens with zero attached hydrogens (tertiary/aromatic N) is 2. The van der Waals surface area contributed by atoms with E-state index in [1.54, 1.807) is 12.3 Å². The molecule has 1 N–H and O–H groups in total. The highest BCUT2D eigenvalue weighted by Crippen LogP contribution is 2.25. The third-order valence-electron chi connectivity index (χ3n) is 3.69. The predicted octanol–water partition coefficient (Wildman–Crippen LogP) is 3.97. The highest BCUT2D eigenvalue weighted by atomic mass is 35.5. The Hall–Kier alpha value is -1.86. The Morgan fingerprint density at radius 3 is 2.48 bits per heavy atom. The number of aromatic nitrogens is 2. The molecule has 0 saturated heterocycles. The molecule has 3 aromatic rings. The van der Waals surface area contributed by atoms with Crippen LogP contribution in [0.25, 0.3) is 5.69 Å². The highest BCUT2D eigenvalue weighted by Gasteiger charge is 2.18. The number of imidazole rings is 1. The van der Waals surface area contributed by atoms with Gasteiger partial charge in [0.25, 0.3) is 0 Å². The van der Waals surface area contributed by atoms with Crippen molar-refractivity contribution in [1.29, 1.82) is 0 Å². The molecule has 3 rings (SSSR count). The van der Waals surface area contributed by atoms with Gasteiger partial charge in [-0.15, -0.1) is 0 Å². The molecule has 1 heterocycles. The maximum atomic E-state index is 12.4. The number of hydrogen-bond donors (Lipinski definition) is 1. The van der Waals surface area contributed by atoms with E-state index in [1.807, 2.05) is 42.0 Å². The molecule has 8 heteroatoms. The van der Waals surface area contributed by atoms with Crippen LogP contribution in [0.4, 0.5) is 0 Å². The molecule has 0 saturated carbocycles. The van der Waals surface area contributed by atoms with Crippen molar-refractivity contribution in [3.8, 4) is 5.69 Å². The van der Waals surface area contributed by atoms with Crippen molar-refractivity contribution in [2.45, 2.75) is 18.4 Å². The Balaban J connectivity index is 1.75. The lowest BCUT2D eigenvalue weighted by Gasteiger charge is -2.10. The second-order valence-electron chi connectivity index (χ2n) is 5.41. The molecule has 0 atom stereocenters. The maximum Gasteiger partial charge on any atom is 0.242 e. The van der Waals surface area contributed by atoms with Crippen molar-refractivity contribution in [2.75, 3.05) is 0 Å². The second-order valence-corrected chi connectivity index (χ2v) is 7.99. The van der Waals surface area contributed by atoms with E-state index in [-0.39, 0.29) is 16.5 Å². The van der Waals surface area contributed by atoms with E-state index in [4.69, 9.17) is 23.2 Å². The zero-order chi connectivity index (χ0) is 18.0. The van der Waals surface area contributed by atoms with Crippen LogP contribution in [0.1, 0.15) is 11.4 Å². The zero-order valence-electron chi connectivity index (χ0n) is 13.3. The number of halogens is 2. The van der Waals surface area contributed by atoms with Crippen LogP contribution in [0.5, 0.6) is 0 Å². The summed E-state index contributed by atoms with van der Waals surface area (Å²) < 4.78 is 29.3. The minimum absolute atomic E-state index is 0.0349.